The maximum Gasteiger partial charge on any atom is 0.416 e. The van der Waals surface area contributed by atoms with E-state index in [4.69, 9.17) is 11.6 Å². The molecule has 172 valence electrons. The summed E-state index contributed by atoms with van der Waals surface area (Å²) in [4.78, 5) is 12.4. The van der Waals surface area contributed by atoms with Crippen LogP contribution in [0.1, 0.15) is 51.7 Å². The van der Waals surface area contributed by atoms with E-state index in [1.807, 2.05) is 27.7 Å². The van der Waals surface area contributed by atoms with Gasteiger partial charge >= 0.3 is 6.18 Å². The number of anilines is 2. The minimum absolute atomic E-state index is 0.0527. The summed E-state index contributed by atoms with van der Waals surface area (Å²) in [6, 6.07) is 7.34. The largest absolute Gasteiger partial charge is 0.416 e. The summed E-state index contributed by atoms with van der Waals surface area (Å²) >= 11 is 6.05. The second kappa shape index (κ2) is 8.37. The molecule has 3 rings (SSSR count). The Balaban J connectivity index is 1.80. The zero-order valence-electron chi connectivity index (χ0n) is 18.2. The van der Waals surface area contributed by atoms with Crippen LogP contribution in [0, 0.1) is 11.3 Å². The first-order chi connectivity index (χ1) is 14.7. The first-order valence-electron chi connectivity index (χ1n) is 10.0. The molecule has 11 heteroatoms. The van der Waals surface area contributed by atoms with Gasteiger partial charge in [0.25, 0.3) is 0 Å². The lowest BCUT2D eigenvalue weighted by molar-refractivity contribution is -0.137. The standard InChI is InChI=1S/C21H25ClF3N7/c1-18(2)10-20(12-26,11-19(3,4)32-18)31-17-29-15(22)28-16(30-17)27-9-13-6-5-7-14(8-13)21(23,24)25/h5-8,32H,9-11H2,1-4H3,(H2,27,28,29,30,31). The number of nitriles is 1. The molecule has 3 N–H and O–H groups in total. The van der Waals surface area contributed by atoms with Crippen molar-refractivity contribution in [3.63, 3.8) is 0 Å². The number of rotatable bonds is 5. The number of hydrogen-bond donors (Lipinski definition) is 3. The Bertz CT molecular complexity index is 1010. The number of alkyl halides is 3. The number of benzene rings is 1. The van der Waals surface area contributed by atoms with Crippen molar-refractivity contribution in [3.05, 3.63) is 40.7 Å². The predicted octanol–water partition coefficient (Wildman–Crippen LogP) is 4.77. The summed E-state index contributed by atoms with van der Waals surface area (Å²) < 4.78 is 38.8. The molecular weight excluding hydrogens is 443 g/mol. The van der Waals surface area contributed by atoms with Crippen molar-refractivity contribution in [1.82, 2.24) is 20.3 Å². The van der Waals surface area contributed by atoms with Gasteiger partial charge in [0.1, 0.15) is 5.54 Å². The Morgan fingerprint density at radius 1 is 1.09 bits per heavy atom. The van der Waals surface area contributed by atoms with E-state index in [0.29, 0.717) is 18.4 Å². The summed E-state index contributed by atoms with van der Waals surface area (Å²) in [5, 5.41) is 19.4. The summed E-state index contributed by atoms with van der Waals surface area (Å²) in [5.41, 5.74) is -1.90. The van der Waals surface area contributed by atoms with Crippen LogP contribution in [0.15, 0.2) is 24.3 Å². The third-order valence-electron chi connectivity index (χ3n) is 5.04. The molecule has 32 heavy (non-hydrogen) atoms. The second-order valence-corrected chi connectivity index (χ2v) is 9.71. The maximum absolute atomic E-state index is 12.9. The summed E-state index contributed by atoms with van der Waals surface area (Å²) in [5.74, 6) is 0.206. The van der Waals surface area contributed by atoms with Gasteiger partial charge in [-0.3, -0.25) is 0 Å². The smallest absolute Gasteiger partial charge is 0.350 e. The Morgan fingerprint density at radius 2 is 1.72 bits per heavy atom. The molecule has 2 heterocycles. The molecule has 1 aliphatic rings. The molecule has 0 radical (unpaired) electrons. The highest BCUT2D eigenvalue weighted by atomic mass is 35.5. The van der Waals surface area contributed by atoms with E-state index in [0.717, 1.165) is 12.1 Å². The van der Waals surface area contributed by atoms with Crippen LogP contribution in [-0.2, 0) is 12.7 Å². The van der Waals surface area contributed by atoms with E-state index in [-0.39, 0.29) is 34.8 Å². The van der Waals surface area contributed by atoms with Crippen molar-refractivity contribution in [3.8, 4) is 6.07 Å². The minimum Gasteiger partial charge on any atom is -0.350 e. The van der Waals surface area contributed by atoms with Crippen molar-refractivity contribution in [2.75, 3.05) is 10.6 Å². The molecule has 0 saturated carbocycles. The van der Waals surface area contributed by atoms with Gasteiger partial charge in [-0.15, -0.1) is 0 Å². The van der Waals surface area contributed by atoms with E-state index in [1.54, 1.807) is 6.07 Å². The molecule has 1 saturated heterocycles. The SMILES string of the molecule is CC1(C)CC(C#N)(Nc2nc(Cl)nc(NCc3cccc(C(F)(F)F)c3)n2)CC(C)(C)N1. The van der Waals surface area contributed by atoms with E-state index >= 15 is 0 Å². The Labute approximate surface area is 189 Å². The fraction of sp³-hybridized carbons (Fsp3) is 0.524. The lowest BCUT2D eigenvalue weighted by Crippen LogP contribution is -2.65. The van der Waals surface area contributed by atoms with Crippen LogP contribution in [0.3, 0.4) is 0 Å². The lowest BCUT2D eigenvalue weighted by Gasteiger charge is -2.50. The van der Waals surface area contributed by atoms with Crippen molar-refractivity contribution < 1.29 is 13.2 Å². The van der Waals surface area contributed by atoms with Crippen molar-refractivity contribution in [1.29, 1.82) is 5.26 Å². The molecular formula is C21H25ClF3N7. The number of hydrogen-bond acceptors (Lipinski definition) is 7. The first kappa shape index (κ1) is 24.0. The minimum atomic E-state index is -4.43. The summed E-state index contributed by atoms with van der Waals surface area (Å²) in [7, 11) is 0. The van der Waals surface area contributed by atoms with Crippen LogP contribution in [0.25, 0.3) is 0 Å². The molecule has 1 aromatic carbocycles. The number of nitrogens with one attached hydrogen (secondary N) is 3. The second-order valence-electron chi connectivity index (χ2n) is 9.37. The molecule has 1 aromatic heterocycles. The van der Waals surface area contributed by atoms with Crippen LogP contribution < -0.4 is 16.0 Å². The molecule has 1 aliphatic heterocycles. The van der Waals surface area contributed by atoms with Gasteiger partial charge in [-0.05, 0) is 57.0 Å². The van der Waals surface area contributed by atoms with Crippen LogP contribution >= 0.6 is 11.6 Å². The molecule has 0 spiro atoms. The predicted molar refractivity (Wildman–Crippen MR) is 116 cm³/mol. The monoisotopic (exact) mass is 467 g/mol. The van der Waals surface area contributed by atoms with E-state index < -0.39 is 17.3 Å². The zero-order valence-corrected chi connectivity index (χ0v) is 19.0. The highest BCUT2D eigenvalue weighted by molar-refractivity contribution is 6.28. The van der Waals surface area contributed by atoms with Crippen LogP contribution in [-0.4, -0.2) is 31.6 Å². The van der Waals surface area contributed by atoms with Gasteiger partial charge in [0.2, 0.25) is 17.2 Å². The lowest BCUT2D eigenvalue weighted by atomic mass is 9.71. The van der Waals surface area contributed by atoms with E-state index in [2.05, 4.69) is 37.0 Å². The Kier molecular flexibility index (Phi) is 6.28. The highest BCUT2D eigenvalue weighted by Gasteiger charge is 2.48. The van der Waals surface area contributed by atoms with E-state index in [1.165, 1.54) is 6.07 Å². The average Bonchev–Trinajstić information content (AvgIpc) is 2.63. The molecule has 0 amide bonds. The van der Waals surface area contributed by atoms with Gasteiger partial charge in [0.05, 0.1) is 11.6 Å². The van der Waals surface area contributed by atoms with Gasteiger partial charge < -0.3 is 16.0 Å². The summed E-state index contributed by atoms with van der Waals surface area (Å²) in [6.45, 7) is 8.12. The Morgan fingerprint density at radius 3 is 2.31 bits per heavy atom. The normalized spacial score (nSPS) is 19.1. The number of aromatic nitrogens is 3. The van der Waals surface area contributed by atoms with Gasteiger partial charge in [-0.2, -0.15) is 33.4 Å². The number of halogens is 4. The highest BCUT2D eigenvalue weighted by Crippen LogP contribution is 2.37. The van der Waals surface area contributed by atoms with Gasteiger partial charge in [0, 0.05) is 30.5 Å². The molecule has 0 atom stereocenters. The van der Waals surface area contributed by atoms with Crippen LogP contribution in [0.5, 0.6) is 0 Å². The fourth-order valence-corrected chi connectivity index (χ4v) is 4.67. The third-order valence-corrected chi connectivity index (χ3v) is 5.21. The number of piperidine rings is 1. The third kappa shape index (κ3) is 5.99. The maximum atomic E-state index is 12.9. The zero-order chi connectivity index (χ0) is 23.8. The summed E-state index contributed by atoms with van der Waals surface area (Å²) in [6.07, 6.45) is -3.43. The first-order valence-corrected chi connectivity index (χ1v) is 10.4. The van der Waals surface area contributed by atoms with Crippen LogP contribution in [0.4, 0.5) is 25.1 Å². The average molecular weight is 468 g/mol. The van der Waals surface area contributed by atoms with Crippen molar-refractivity contribution in [2.24, 2.45) is 0 Å². The molecule has 0 bridgehead atoms. The topological polar surface area (TPSA) is 98.5 Å². The van der Waals surface area contributed by atoms with Gasteiger partial charge in [-0.1, -0.05) is 12.1 Å². The van der Waals surface area contributed by atoms with Crippen LogP contribution in [0.2, 0.25) is 5.28 Å². The van der Waals surface area contributed by atoms with E-state index in [9.17, 15) is 18.4 Å². The van der Waals surface area contributed by atoms with Gasteiger partial charge in [-0.25, -0.2) is 0 Å². The fourth-order valence-electron chi connectivity index (χ4n) is 4.51. The van der Waals surface area contributed by atoms with Crippen molar-refractivity contribution in [2.45, 2.75) is 69.9 Å². The molecule has 0 unspecified atom stereocenters. The Hall–Kier alpha value is -2.64. The molecule has 0 aliphatic carbocycles. The van der Waals surface area contributed by atoms with Gasteiger partial charge in [0.15, 0.2) is 0 Å². The quantitative estimate of drug-likeness (QED) is 0.582. The van der Waals surface area contributed by atoms with Crippen molar-refractivity contribution >= 4 is 23.5 Å². The molecule has 7 nitrogen and oxygen atoms in total. The molecule has 1 fully saturated rings. The molecule has 2 aromatic rings. The number of nitrogens with zero attached hydrogens (tertiary/aromatic N) is 4.